The van der Waals surface area contributed by atoms with Gasteiger partial charge in [-0.15, -0.1) is 0 Å². The average Bonchev–Trinajstić information content (AvgIpc) is 3.65. The first kappa shape index (κ1) is 23.7. The molecule has 1 aliphatic heterocycles. The zero-order chi connectivity index (χ0) is 26.2. The van der Waals surface area contributed by atoms with Gasteiger partial charge in [0.05, 0.1) is 33.1 Å². The highest BCUT2D eigenvalue weighted by Crippen LogP contribution is 2.44. The van der Waals surface area contributed by atoms with Crippen LogP contribution < -0.4 is 14.2 Å². The first-order valence-corrected chi connectivity index (χ1v) is 12.4. The Hall–Kier alpha value is -4.72. The zero-order valence-corrected chi connectivity index (χ0v) is 21.4. The molecule has 0 fully saturated rings. The lowest BCUT2D eigenvalue weighted by Crippen LogP contribution is -2.31. The van der Waals surface area contributed by atoms with E-state index in [9.17, 15) is 4.79 Å². The summed E-state index contributed by atoms with van der Waals surface area (Å²) in [6.45, 7) is 0.513. The Morgan fingerprint density at radius 1 is 0.921 bits per heavy atom. The summed E-state index contributed by atoms with van der Waals surface area (Å²) in [7, 11) is 4.89. The van der Waals surface area contributed by atoms with Crippen LogP contribution in [-0.2, 0) is 6.42 Å². The molecule has 3 aromatic carbocycles. The third kappa shape index (κ3) is 3.85. The highest BCUT2D eigenvalue weighted by molar-refractivity contribution is 6.00. The highest BCUT2D eigenvalue weighted by Gasteiger charge is 2.42. The number of hydrogen-bond acceptors (Lipinski definition) is 5. The Morgan fingerprint density at radius 3 is 2.50 bits per heavy atom. The first-order chi connectivity index (χ1) is 18.6. The van der Waals surface area contributed by atoms with E-state index in [1.54, 1.807) is 21.3 Å². The van der Waals surface area contributed by atoms with Gasteiger partial charge >= 0.3 is 0 Å². The molecule has 5 aromatic rings. The number of aromatic amines is 2. The molecule has 38 heavy (non-hydrogen) atoms. The molecule has 0 bridgehead atoms. The molecule has 1 aliphatic rings. The van der Waals surface area contributed by atoms with Gasteiger partial charge in [-0.3, -0.25) is 9.89 Å². The molecule has 8 heteroatoms. The van der Waals surface area contributed by atoms with E-state index >= 15 is 0 Å². The SMILES string of the molecule is COc1ccc2[nH]cc(CCN3C(=O)c4[nH]nc(-c5ccccc5)c4[C@@H]3c3ccc(OC)c(OC)c3)c2c1. The van der Waals surface area contributed by atoms with Crippen LogP contribution in [0.25, 0.3) is 22.2 Å². The van der Waals surface area contributed by atoms with Crippen LogP contribution in [0.2, 0.25) is 0 Å². The Morgan fingerprint density at radius 2 is 1.74 bits per heavy atom. The number of carbonyl (C=O) groups excluding carboxylic acids is 1. The number of aromatic nitrogens is 3. The predicted octanol–water partition coefficient (Wildman–Crippen LogP) is 5.37. The van der Waals surface area contributed by atoms with Crippen molar-refractivity contribution < 1.29 is 19.0 Å². The second-order valence-electron chi connectivity index (χ2n) is 9.22. The number of fused-ring (bicyclic) bond motifs is 2. The van der Waals surface area contributed by atoms with Crippen molar-refractivity contribution in [3.05, 3.63) is 95.3 Å². The van der Waals surface area contributed by atoms with E-state index in [2.05, 4.69) is 15.2 Å². The molecule has 8 nitrogen and oxygen atoms in total. The molecular weight excluding hydrogens is 480 g/mol. The fraction of sp³-hybridized carbons (Fsp3) is 0.200. The normalized spacial score (nSPS) is 14.7. The summed E-state index contributed by atoms with van der Waals surface area (Å²) in [5.41, 5.74) is 6.19. The number of methoxy groups -OCH3 is 3. The zero-order valence-electron chi connectivity index (χ0n) is 21.4. The predicted molar refractivity (Wildman–Crippen MR) is 145 cm³/mol. The summed E-state index contributed by atoms with van der Waals surface area (Å²) in [5, 5.41) is 8.69. The molecule has 192 valence electrons. The van der Waals surface area contributed by atoms with Crippen LogP contribution in [0.5, 0.6) is 17.2 Å². The van der Waals surface area contributed by atoms with Crippen LogP contribution in [0.1, 0.15) is 33.2 Å². The smallest absolute Gasteiger partial charge is 0.273 e. The largest absolute Gasteiger partial charge is 0.497 e. The van der Waals surface area contributed by atoms with Crippen molar-refractivity contribution in [3.63, 3.8) is 0 Å². The van der Waals surface area contributed by atoms with Gasteiger partial charge in [0, 0.05) is 34.8 Å². The van der Waals surface area contributed by atoms with Gasteiger partial charge in [-0.05, 0) is 47.9 Å². The minimum atomic E-state index is -0.342. The molecular formula is C30H28N4O4. The Labute approximate surface area is 220 Å². The lowest BCUT2D eigenvalue weighted by atomic mass is 9.95. The number of H-pyrrole nitrogens is 2. The van der Waals surface area contributed by atoms with Gasteiger partial charge in [0.1, 0.15) is 11.4 Å². The van der Waals surface area contributed by atoms with E-state index in [0.29, 0.717) is 30.2 Å². The lowest BCUT2D eigenvalue weighted by molar-refractivity contribution is 0.0746. The van der Waals surface area contributed by atoms with Crippen LogP contribution >= 0.6 is 0 Å². The summed E-state index contributed by atoms with van der Waals surface area (Å²) in [6, 6.07) is 21.4. The van der Waals surface area contributed by atoms with E-state index in [4.69, 9.17) is 14.2 Å². The van der Waals surface area contributed by atoms with Gasteiger partial charge < -0.3 is 24.1 Å². The third-order valence-corrected chi connectivity index (χ3v) is 7.23. The summed E-state index contributed by atoms with van der Waals surface area (Å²) in [4.78, 5) is 19.0. The van der Waals surface area contributed by atoms with Gasteiger partial charge in [-0.1, -0.05) is 36.4 Å². The van der Waals surface area contributed by atoms with Crippen LogP contribution in [0.3, 0.4) is 0 Å². The van der Waals surface area contributed by atoms with Crippen LogP contribution in [0.4, 0.5) is 0 Å². The monoisotopic (exact) mass is 508 g/mol. The van der Waals surface area contributed by atoms with Crippen LogP contribution in [-0.4, -0.2) is 53.9 Å². The maximum Gasteiger partial charge on any atom is 0.273 e. The van der Waals surface area contributed by atoms with Crippen molar-refractivity contribution in [2.75, 3.05) is 27.9 Å². The van der Waals surface area contributed by atoms with Crippen molar-refractivity contribution in [2.45, 2.75) is 12.5 Å². The third-order valence-electron chi connectivity index (χ3n) is 7.23. The highest BCUT2D eigenvalue weighted by atomic mass is 16.5. The van der Waals surface area contributed by atoms with Crippen molar-refractivity contribution in [2.24, 2.45) is 0 Å². The van der Waals surface area contributed by atoms with Gasteiger partial charge in [0.2, 0.25) is 0 Å². The summed E-state index contributed by atoms with van der Waals surface area (Å²) in [6.07, 6.45) is 2.67. The Balaban J connectivity index is 1.42. The van der Waals surface area contributed by atoms with Crippen LogP contribution in [0.15, 0.2) is 72.9 Å². The summed E-state index contributed by atoms with van der Waals surface area (Å²) >= 11 is 0. The number of amides is 1. The number of nitrogens with one attached hydrogen (secondary N) is 2. The molecule has 6 rings (SSSR count). The Bertz CT molecular complexity index is 1620. The van der Waals surface area contributed by atoms with Crippen molar-refractivity contribution in [1.82, 2.24) is 20.1 Å². The minimum Gasteiger partial charge on any atom is -0.497 e. The Kier molecular flexibility index (Phi) is 5.99. The van der Waals surface area contributed by atoms with E-state index in [0.717, 1.165) is 44.6 Å². The number of hydrogen-bond donors (Lipinski definition) is 2. The number of ether oxygens (including phenoxy) is 3. The topological polar surface area (TPSA) is 92.5 Å². The second-order valence-corrected chi connectivity index (χ2v) is 9.22. The molecule has 0 saturated heterocycles. The molecule has 2 N–H and O–H groups in total. The summed E-state index contributed by atoms with van der Waals surface area (Å²) in [5.74, 6) is 1.97. The fourth-order valence-electron chi connectivity index (χ4n) is 5.35. The molecule has 1 amide bonds. The lowest BCUT2D eigenvalue weighted by Gasteiger charge is -2.27. The molecule has 3 heterocycles. The number of nitrogens with zero attached hydrogens (tertiary/aromatic N) is 2. The second kappa shape index (κ2) is 9.63. The number of rotatable bonds is 8. The van der Waals surface area contributed by atoms with Crippen molar-refractivity contribution >= 4 is 16.8 Å². The van der Waals surface area contributed by atoms with Gasteiger partial charge in [0.25, 0.3) is 5.91 Å². The first-order valence-electron chi connectivity index (χ1n) is 12.4. The van der Waals surface area contributed by atoms with Gasteiger partial charge in [-0.2, -0.15) is 5.10 Å². The van der Waals surface area contributed by atoms with Crippen molar-refractivity contribution in [3.8, 4) is 28.5 Å². The number of benzene rings is 3. The van der Waals surface area contributed by atoms with E-state index < -0.39 is 0 Å². The maximum absolute atomic E-state index is 13.8. The summed E-state index contributed by atoms with van der Waals surface area (Å²) < 4.78 is 16.5. The van der Waals surface area contributed by atoms with Crippen LogP contribution in [0, 0.1) is 0 Å². The molecule has 1 atom stereocenters. The van der Waals surface area contributed by atoms with Gasteiger partial charge in [0.15, 0.2) is 11.5 Å². The van der Waals surface area contributed by atoms with E-state index in [1.807, 2.05) is 77.8 Å². The molecule has 0 saturated carbocycles. The molecule has 0 unspecified atom stereocenters. The minimum absolute atomic E-state index is 0.0770. The molecule has 0 aliphatic carbocycles. The average molecular weight is 509 g/mol. The van der Waals surface area contributed by atoms with E-state index in [1.165, 1.54) is 0 Å². The van der Waals surface area contributed by atoms with Crippen molar-refractivity contribution in [1.29, 1.82) is 0 Å². The van der Waals surface area contributed by atoms with Gasteiger partial charge in [-0.25, -0.2) is 0 Å². The van der Waals surface area contributed by atoms with E-state index in [-0.39, 0.29) is 11.9 Å². The molecule has 0 spiro atoms. The molecule has 0 radical (unpaired) electrons. The maximum atomic E-state index is 13.8. The quantitative estimate of drug-likeness (QED) is 0.294. The fourth-order valence-corrected chi connectivity index (χ4v) is 5.35. The molecule has 2 aromatic heterocycles. The standard InChI is InChI=1S/C30H28N4O4/c1-36-21-10-11-23-22(16-21)20(17-31-23)13-14-34-29(19-9-12-24(37-2)25(15-19)38-3)26-27(18-7-5-4-6-8-18)32-33-28(26)30(34)35/h4-12,15-17,29,31H,13-14H2,1-3H3,(H,32,33)/t29-/m0/s1. The number of carbonyl (C=O) groups is 1.